The summed E-state index contributed by atoms with van der Waals surface area (Å²) in [6, 6.07) is 0.0849. The Kier molecular flexibility index (Phi) is 7.32. The molecule has 1 aliphatic heterocycles. The number of hydrogen-bond donors (Lipinski definition) is 2. The molecule has 8 nitrogen and oxygen atoms in total. The van der Waals surface area contributed by atoms with Crippen molar-refractivity contribution in [3.63, 3.8) is 0 Å². The first kappa shape index (κ1) is 24.3. The summed E-state index contributed by atoms with van der Waals surface area (Å²) < 4.78 is 5.30. The lowest BCUT2D eigenvalue weighted by Crippen LogP contribution is -2.58. The smallest absolute Gasteiger partial charge is 0.407 e. The second-order valence-electron chi connectivity index (χ2n) is 9.76. The van der Waals surface area contributed by atoms with Crippen LogP contribution in [0.2, 0.25) is 0 Å². The van der Waals surface area contributed by atoms with Crippen LogP contribution in [-0.4, -0.2) is 52.8 Å². The van der Waals surface area contributed by atoms with Crippen LogP contribution in [0.3, 0.4) is 0 Å². The summed E-state index contributed by atoms with van der Waals surface area (Å²) in [6.07, 6.45) is 5.27. The van der Waals surface area contributed by atoms with Crippen molar-refractivity contribution < 1.29 is 14.3 Å². The van der Waals surface area contributed by atoms with E-state index in [-0.39, 0.29) is 23.1 Å². The summed E-state index contributed by atoms with van der Waals surface area (Å²) >= 11 is 5.95. The number of halogens is 1. The number of nitrogens with one attached hydrogen (secondary N) is 2. The Morgan fingerprint density at radius 2 is 2.06 bits per heavy atom. The number of amides is 2. The Bertz CT molecular complexity index is 863. The number of aliphatic imine (C=N–C) groups is 2. The molecule has 0 aromatic rings. The number of carbonyl (C=O) groups is 2. The molecule has 176 valence electrons. The van der Waals surface area contributed by atoms with Gasteiger partial charge in [-0.3, -0.25) is 14.7 Å². The summed E-state index contributed by atoms with van der Waals surface area (Å²) in [5.74, 6) is 1.36. The van der Waals surface area contributed by atoms with E-state index in [0.717, 1.165) is 25.7 Å². The van der Waals surface area contributed by atoms with Crippen molar-refractivity contribution in [3.8, 4) is 0 Å². The van der Waals surface area contributed by atoms with Gasteiger partial charge < -0.3 is 15.4 Å². The first-order chi connectivity index (χ1) is 15.0. The monoisotopic (exact) mass is 463 g/mol. The molecule has 1 heterocycles. The lowest BCUT2D eigenvalue weighted by atomic mass is 9.80. The van der Waals surface area contributed by atoms with Gasteiger partial charge in [0.15, 0.2) is 11.7 Å². The number of piperazine rings is 1. The molecule has 3 fully saturated rings. The zero-order valence-corrected chi connectivity index (χ0v) is 20.3. The molecule has 9 heteroatoms. The fraction of sp³-hybridized carbons (Fsp3) is 0.652. The average molecular weight is 464 g/mol. The van der Waals surface area contributed by atoms with E-state index in [0.29, 0.717) is 35.7 Å². The lowest BCUT2D eigenvalue weighted by Gasteiger charge is -2.37. The fourth-order valence-electron chi connectivity index (χ4n) is 3.98. The largest absolute Gasteiger partial charge is 0.444 e. The van der Waals surface area contributed by atoms with Crippen molar-refractivity contribution in [1.29, 1.82) is 0 Å². The molecule has 3 aliphatic rings. The number of amidine groups is 2. The van der Waals surface area contributed by atoms with Crippen LogP contribution in [0.1, 0.15) is 60.3 Å². The van der Waals surface area contributed by atoms with E-state index in [1.54, 1.807) is 4.90 Å². The van der Waals surface area contributed by atoms with Gasteiger partial charge in [0.2, 0.25) is 0 Å². The third kappa shape index (κ3) is 6.12. The van der Waals surface area contributed by atoms with Gasteiger partial charge in [0.1, 0.15) is 10.8 Å². The molecule has 0 aromatic carbocycles. The molecule has 1 saturated heterocycles. The molecule has 1 atom stereocenters. The number of rotatable bonds is 6. The van der Waals surface area contributed by atoms with Gasteiger partial charge in [-0.15, -0.1) is 0 Å². The summed E-state index contributed by atoms with van der Waals surface area (Å²) in [7, 11) is 0. The third-order valence-corrected chi connectivity index (χ3v) is 5.92. The first-order valence-electron chi connectivity index (χ1n) is 11.2. The van der Waals surface area contributed by atoms with Crippen molar-refractivity contribution in [3.05, 3.63) is 23.5 Å². The van der Waals surface area contributed by atoms with Crippen molar-refractivity contribution >= 4 is 35.3 Å². The Hall–Kier alpha value is -2.35. The SMILES string of the molecule is C=C(Cl)N=C1/C(=C\C)NC(=NCC2CC(NC(=O)OC(C)(C)C)C2)C(=O)N1C(C)C1CC1. The highest BCUT2D eigenvalue weighted by Crippen LogP contribution is 2.36. The molecule has 0 spiro atoms. The molecular formula is C23H34ClN5O3. The van der Waals surface area contributed by atoms with Crippen molar-refractivity contribution in [1.82, 2.24) is 15.5 Å². The highest BCUT2D eigenvalue weighted by molar-refractivity contribution is 6.45. The fourth-order valence-corrected chi connectivity index (χ4v) is 4.06. The second-order valence-corrected chi connectivity index (χ2v) is 10.2. The Morgan fingerprint density at radius 1 is 1.41 bits per heavy atom. The maximum absolute atomic E-state index is 13.3. The van der Waals surface area contributed by atoms with E-state index >= 15 is 0 Å². The molecule has 32 heavy (non-hydrogen) atoms. The zero-order valence-electron chi connectivity index (χ0n) is 19.6. The van der Waals surface area contributed by atoms with Crippen LogP contribution in [0.4, 0.5) is 4.79 Å². The maximum Gasteiger partial charge on any atom is 0.407 e. The van der Waals surface area contributed by atoms with Gasteiger partial charge in [0, 0.05) is 18.6 Å². The van der Waals surface area contributed by atoms with Crippen LogP contribution < -0.4 is 10.6 Å². The number of nitrogens with zero attached hydrogens (tertiary/aromatic N) is 3. The number of ether oxygens (including phenoxy) is 1. The third-order valence-electron chi connectivity index (χ3n) is 5.84. The van der Waals surface area contributed by atoms with Gasteiger partial charge in [0.05, 0.1) is 5.70 Å². The topological polar surface area (TPSA) is 95.4 Å². The highest BCUT2D eigenvalue weighted by atomic mass is 35.5. The van der Waals surface area contributed by atoms with E-state index in [4.69, 9.17) is 16.3 Å². The van der Waals surface area contributed by atoms with Crippen molar-refractivity contribution in [2.24, 2.45) is 21.8 Å². The van der Waals surface area contributed by atoms with Crippen LogP contribution in [0.5, 0.6) is 0 Å². The molecule has 2 aliphatic carbocycles. The molecule has 0 radical (unpaired) electrons. The Labute approximate surface area is 195 Å². The van der Waals surface area contributed by atoms with Crippen LogP contribution in [0, 0.1) is 11.8 Å². The lowest BCUT2D eigenvalue weighted by molar-refractivity contribution is -0.122. The van der Waals surface area contributed by atoms with Gasteiger partial charge >= 0.3 is 6.09 Å². The van der Waals surface area contributed by atoms with Crippen molar-refractivity contribution in [2.45, 2.75) is 78.0 Å². The molecule has 2 N–H and O–H groups in total. The number of hydrogen-bond acceptors (Lipinski definition) is 5. The van der Waals surface area contributed by atoms with E-state index in [1.165, 1.54) is 0 Å². The van der Waals surface area contributed by atoms with Crippen LogP contribution >= 0.6 is 11.6 Å². The first-order valence-corrected chi connectivity index (χ1v) is 11.6. The van der Waals surface area contributed by atoms with Crippen molar-refractivity contribution in [2.75, 3.05) is 6.54 Å². The Balaban J connectivity index is 1.64. The second kappa shape index (κ2) is 9.65. The quantitative estimate of drug-likeness (QED) is 0.583. The normalized spacial score (nSPS) is 28.4. The summed E-state index contributed by atoms with van der Waals surface area (Å²) in [6.45, 7) is 13.6. The molecule has 0 aromatic heterocycles. The van der Waals surface area contributed by atoms with Gasteiger partial charge in [-0.05, 0) is 72.1 Å². The minimum Gasteiger partial charge on any atom is -0.444 e. The number of carbonyl (C=O) groups excluding carboxylic acids is 2. The van der Waals surface area contributed by atoms with Gasteiger partial charge in [-0.2, -0.15) is 0 Å². The van der Waals surface area contributed by atoms with Crippen LogP contribution in [-0.2, 0) is 9.53 Å². The predicted molar refractivity (Wildman–Crippen MR) is 127 cm³/mol. The number of allylic oxidation sites excluding steroid dienone is 1. The average Bonchev–Trinajstić information content (AvgIpc) is 3.47. The molecule has 0 bridgehead atoms. The Morgan fingerprint density at radius 3 is 2.59 bits per heavy atom. The molecule has 2 amide bonds. The summed E-state index contributed by atoms with van der Waals surface area (Å²) in [5, 5.41) is 6.14. The molecule has 3 rings (SSSR count). The van der Waals surface area contributed by atoms with Crippen LogP contribution in [0.25, 0.3) is 0 Å². The standard InChI is InChI=1S/C23H34ClN5O3/c1-7-18-20(26-14(3)24)29(13(2)16-8-9-16)21(30)19(28-18)25-12-15-10-17(11-15)27-22(31)32-23(4,5)6/h7,13,15-17H,3,8-12H2,1-2,4-6H3,(H,25,28)(H,27,31)/b18-7+,26-20?. The zero-order chi connectivity index (χ0) is 23.6. The van der Waals surface area contributed by atoms with E-state index in [9.17, 15) is 9.59 Å². The molecular weight excluding hydrogens is 430 g/mol. The minimum atomic E-state index is -0.516. The summed E-state index contributed by atoms with van der Waals surface area (Å²) in [4.78, 5) is 35.8. The van der Waals surface area contributed by atoms with E-state index in [1.807, 2.05) is 40.7 Å². The molecule has 1 unspecified atom stereocenters. The summed E-state index contributed by atoms with van der Waals surface area (Å²) in [5.41, 5.74) is 0.175. The van der Waals surface area contributed by atoms with Gasteiger partial charge in [-0.25, -0.2) is 9.79 Å². The van der Waals surface area contributed by atoms with E-state index < -0.39 is 11.7 Å². The number of alkyl carbamates (subject to hydrolysis) is 1. The maximum atomic E-state index is 13.3. The van der Waals surface area contributed by atoms with Gasteiger partial charge in [0.25, 0.3) is 5.91 Å². The highest BCUT2D eigenvalue weighted by Gasteiger charge is 2.42. The minimum absolute atomic E-state index is 0.00521. The molecule has 2 saturated carbocycles. The van der Waals surface area contributed by atoms with E-state index in [2.05, 4.69) is 27.2 Å². The predicted octanol–water partition coefficient (Wildman–Crippen LogP) is 3.93. The van der Waals surface area contributed by atoms with Gasteiger partial charge in [-0.1, -0.05) is 24.3 Å². The van der Waals surface area contributed by atoms with Crippen LogP contribution in [0.15, 0.2) is 33.5 Å².